The van der Waals surface area contributed by atoms with Gasteiger partial charge in [-0.15, -0.1) is 0 Å². The molecule has 8 heteroatoms. The van der Waals surface area contributed by atoms with E-state index in [4.69, 9.17) is 9.47 Å². The Bertz CT molecular complexity index is 954. The highest BCUT2D eigenvalue weighted by molar-refractivity contribution is 7.85. The molecule has 0 radical (unpaired) electrons. The Labute approximate surface area is 177 Å². The largest absolute Gasteiger partial charge is 0.744 e. The Morgan fingerprint density at radius 1 is 1.27 bits per heavy atom. The average molecular weight is 434 g/mol. The molecule has 5 rings (SSSR count). The minimum Gasteiger partial charge on any atom is -0.744 e. The predicted molar refractivity (Wildman–Crippen MR) is 108 cm³/mol. The summed E-state index contributed by atoms with van der Waals surface area (Å²) in [6.45, 7) is 2.64. The lowest BCUT2D eigenvalue weighted by Gasteiger charge is -2.44. The molecule has 0 unspecified atom stereocenters. The van der Waals surface area contributed by atoms with Gasteiger partial charge in [-0.25, -0.2) is 8.42 Å². The standard InChI is InChI=1S/C15H20NO3.C7H8O3S/c1-18-14-9-11-12(19-14)5-7-16-13(17)8-10-4-2-3-6-15(10,11)16;1-6-2-4-7(5-3-6)11(8,9)10/h9-10,14H,2-8H2,1H3;2-5H,1H3,(H,8,9,10)/q+1;/p-1/t10-,14-,15-;/m0./s1. The maximum Gasteiger partial charge on any atom is 0.311 e. The molecule has 1 saturated carbocycles. The van der Waals surface area contributed by atoms with Crippen molar-refractivity contribution < 1.29 is 27.2 Å². The minimum absolute atomic E-state index is 0.0593. The van der Waals surface area contributed by atoms with Gasteiger partial charge in [-0.05, 0) is 37.8 Å². The van der Waals surface area contributed by atoms with Gasteiger partial charge >= 0.3 is 6.29 Å². The smallest absolute Gasteiger partial charge is 0.311 e. The molecule has 1 aliphatic carbocycles. The van der Waals surface area contributed by atoms with E-state index in [1.807, 2.05) is 6.92 Å². The van der Waals surface area contributed by atoms with E-state index in [1.54, 1.807) is 19.2 Å². The van der Waals surface area contributed by atoms with E-state index in [9.17, 15) is 17.8 Å². The van der Waals surface area contributed by atoms with Crippen LogP contribution in [0.4, 0.5) is 0 Å². The summed E-state index contributed by atoms with van der Waals surface area (Å²) in [7, 11) is -2.60. The van der Waals surface area contributed by atoms with Crippen LogP contribution in [0.3, 0.4) is 0 Å². The molecule has 1 aromatic carbocycles. The maximum absolute atomic E-state index is 12.3. The van der Waals surface area contributed by atoms with Gasteiger partial charge in [0, 0.05) is 20.1 Å². The summed E-state index contributed by atoms with van der Waals surface area (Å²) in [5.41, 5.74) is 2.13. The van der Waals surface area contributed by atoms with E-state index in [0.717, 1.165) is 37.1 Å². The van der Waals surface area contributed by atoms with Crippen molar-refractivity contribution in [2.24, 2.45) is 5.92 Å². The Morgan fingerprint density at radius 3 is 2.67 bits per heavy atom. The molecule has 0 N–H and O–H groups in total. The van der Waals surface area contributed by atoms with Crippen LogP contribution in [0, 0.1) is 19.3 Å². The van der Waals surface area contributed by atoms with E-state index in [2.05, 4.69) is 11.3 Å². The third-order valence-corrected chi connectivity index (χ3v) is 7.52. The van der Waals surface area contributed by atoms with Gasteiger partial charge in [-0.3, -0.25) is 4.79 Å². The van der Waals surface area contributed by atoms with Crippen LogP contribution in [0.1, 0.15) is 44.1 Å². The van der Waals surface area contributed by atoms with E-state index in [1.165, 1.54) is 37.0 Å². The highest BCUT2D eigenvalue weighted by Gasteiger charge is 2.64. The molecule has 0 aromatic heterocycles. The van der Waals surface area contributed by atoms with Crippen LogP contribution in [0.25, 0.3) is 0 Å². The Balaban J connectivity index is 0.000000170. The summed E-state index contributed by atoms with van der Waals surface area (Å²) in [4.78, 5) is 14.3. The van der Waals surface area contributed by atoms with Crippen molar-refractivity contribution >= 4 is 16.0 Å². The monoisotopic (exact) mass is 433 g/mol. The average Bonchev–Trinajstić information content (AvgIpc) is 3.26. The Hall–Kier alpha value is -2.03. The maximum atomic E-state index is 12.3. The molecule has 4 aliphatic rings. The third kappa shape index (κ3) is 3.61. The number of benzene rings is 1. The highest BCUT2D eigenvalue weighted by atomic mass is 32.2. The number of nitrogens with zero attached hydrogens (tertiary/aromatic N) is 1. The molecule has 1 spiro atoms. The quantitative estimate of drug-likeness (QED) is 0.526. The molecule has 1 saturated heterocycles. The summed E-state index contributed by atoms with van der Waals surface area (Å²) < 4.78 is 42.4. The molecular weight excluding hydrogens is 406 g/mol. The van der Waals surface area contributed by atoms with Crippen LogP contribution < -0.4 is 0 Å². The second kappa shape index (κ2) is 7.90. The number of rotatable bonds is 2. The van der Waals surface area contributed by atoms with Crippen LogP contribution in [-0.4, -0.2) is 49.3 Å². The lowest BCUT2D eigenvalue weighted by atomic mass is 9.67. The molecule has 30 heavy (non-hydrogen) atoms. The van der Waals surface area contributed by atoms with E-state index in [0.29, 0.717) is 11.8 Å². The number of carbonyl (C=O) groups excluding carboxylic acids is 1. The second-order valence-electron chi connectivity index (χ2n) is 8.36. The molecule has 1 aromatic rings. The fraction of sp³-hybridized carbons (Fsp3) is 0.545. The van der Waals surface area contributed by atoms with Gasteiger partial charge in [0.2, 0.25) is 11.7 Å². The van der Waals surface area contributed by atoms with Gasteiger partial charge in [0.1, 0.15) is 22.1 Å². The van der Waals surface area contributed by atoms with Crippen LogP contribution in [0.15, 0.2) is 40.5 Å². The zero-order valence-electron chi connectivity index (χ0n) is 17.3. The molecule has 1 amide bonds. The van der Waals surface area contributed by atoms with E-state index < -0.39 is 10.1 Å². The zero-order chi connectivity index (χ0) is 21.5. The number of hydrogen-bond acceptors (Lipinski definition) is 6. The van der Waals surface area contributed by atoms with E-state index in [-0.39, 0.29) is 16.7 Å². The molecular formula is C22H27NO6S. The van der Waals surface area contributed by atoms with Gasteiger partial charge < -0.3 is 18.9 Å². The summed E-state index contributed by atoms with van der Waals surface area (Å²) in [6.07, 6.45) is 8.15. The lowest BCUT2D eigenvalue weighted by Crippen LogP contribution is -2.54. The van der Waals surface area contributed by atoms with Crippen LogP contribution in [0.5, 0.6) is 0 Å². The van der Waals surface area contributed by atoms with E-state index >= 15 is 0 Å². The molecule has 3 atom stereocenters. The second-order valence-corrected chi connectivity index (χ2v) is 9.74. The fourth-order valence-corrected chi connectivity index (χ4v) is 5.77. The lowest BCUT2D eigenvalue weighted by molar-refractivity contribution is -0.131. The zero-order valence-corrected chi connectivity index (χ0v) is 18.1. The predicted octanol–water partition coefficient (Wildman–Crippen LogP) is 2.91. The normalized spacial score (nSPS) is 29.8. The SMILES string of the molecule is CO[C@@H]1[CH+]C2=C(CCN3C(=O)C[C@@H]4CCCC[C@@]243)O1.Cc1ccc(S(=O)(=O)[O-])cc1. The van der Waals surface area contributed by atoms with Crippen molar-refractivity contribution in [3.8, 4) is 0 Å². The number of amides is 1. The third-order valence-electron chi connectivity index (χ3n) is 6.67. The van der Waals surface area contributed by atoms with Crippen LogP contribution >= 0.6 is 0 Å². The molecule has 0 bridgehead atoms. The Kier molecular flexibility index (Phi) is 5.59. The summed E-state index contributed by atoms with van der Waals surface area (Å²) in [5.74, 6) is 1.90. The van der Waals surface area contributed by atoms with Gasteiger partial charge in [0.05, 0.1) is 11.3 Å². The van der Waals surface area contributed by atoms with Gasteiger partial charge in [-0.1, -0.05) is 30.5 Å². The number of ether oxygens (including phenoxy) is 2. The van der Waals surface area contributed by atoms with Crippen molar-refractivity contribution in [2.75, 3.05) is 13.7 Å². The summed E-state index contributed by atoms with van der Waals surface area (Å²) >= 11 is 0. The van der Waals surface area contributed by atoms with Gasteiger partial charge in [-0.2, -0.15) is 0 Å². The molecule has 3 aliphatic heterocycles. The van der Waals surface area contributed by atoms with Crippen molar-refractivity contribution in [1.82, 2.24) is 4.90 Å². The molecule has 7 nitrogen and oxygen atoms in total. The highest BCUT2D eigenvalue weighted by Crippen LogP contribution is 2.55. The fourth-order valence-electron chi connectivity index (χ4n) is 5.30. The topological polar surface area (TPSA) is 96.0 Å². The first-order valence-corrected chi connectivity index (χ1v) is 11.8. The van der Waals surface area contributed by atoms with Crippen LogP contribution in [0.2, 0.25) is 0 Å². The van der Waals surface area contributed by atoms with Crippen molar-refractivity contribution in [2.45, 2.75) is 62.2 Å². The Morgan fingerprint density at radius 2 is 2.00 bits per heavy atom. The first-order chi connectivity index (χ1) is 14.3. The molecule has 162 valence electrons. The summed E-state index contributed by atoms with van der Waals surface area (Å²) in [6, 6.07) is 5.78. The molecule has 3 heterocycles. The van der Waals surface area contributed by atoms with Crippen molar-refractivity contribution in [3.63, 3.8) is 0 Å². The minimum atomic E-state index is -4.27. The van der Waals surface area contributed by atoms with Gasteiger partial charge in [0.15, 0.2) is 5.57 Å². The van der Waals surface area contributed by atoms with Gasteiger partial charge in [0.25, 0.3) is 0 Å². The number of methoxy groups -OCH3 is 1. The van der Waals surface area contributed by atoms with Crippen molar-refractivity contribution in [3.05, 3.63) is 47.6 Å². The number of hydrogen-bond donors (Lipinski definition) is 0. The van der Waals surface area contributed by atoms with Crippen LogP contribution in [-0.2, 0) is 24.4 Å². The first-order valence-electron chi connectivity index (χ1n) is 10.4. The van der Waals surface area contributed by atoms with Crippen molar-refractivity contribution in [1.29, 1.82) is 0 Å². The number of aryl methyl sites for hydroxylation is 1. The first kappa shape index (κ1) is 21.2. The number of carbonyl (C=O) groups is 1. The molecule has 2 fully saturated rings. The summed E-state index contributed by atoms with van der Waals surface area (Å²) in [5, 5.41) is 0.